The molecule has 2 aliphatic rings. The average molecular weight is 556 g/mol. The lowest BCUT2D eigenvalue weighted by Gasteiger charge is -2.31. The lowest BCUT2D eigenvalue weighted by molar-refractivity contribution is -0.131. The van der Waals surface area contributed by atoms with E-state index in [-0.39, 0.29) is 11.9 Å². The Morgan fingerprint density at radius 1 is 0.949 bits per heavy atom. The summed E-state index contributed by atoms with van der Waals surface area (Å²) in [5.74, 6) is 0.592. The molecular weight excluding hydrogens is 514 g/mol. The molecule has 4 rings (SSSR count). The molecule has 2 fully saturated rings. The van der Waals surface area contributed by atoms with Crippen molar-refractivity contribution in [3.05, 3.63) is 59.1 Å². The molecule has 8 nitrogen and oxygen atoms in total. The van der Waals surface area contributed by atoms with Gasteiger partial charge in [0.25, 0.3) is 0 Å². The van der Waals surface area contributed by atoms with Crippen LogP contribution in [0, 0.1) is 0 Å². The smallest absolute Gasteiger partial charge is 0.369 e. The number of benzene rings is 2. The summed E-state index contributed by atoms with van der Waals surface area (Å²) in [6.07, 6.45) is 2.34. The maximum Gasteiger partial charge on any atom is 0.430 e. The van der Waals surface area contributed by atoms with Crippen LogP contribution in [-0.4, -0.2) is 85.3 Å². The summed E-state index contributed by atoms with van der Waals surface area (Å²) in [7, 11) is 0. The quantitative estimate of drug-likeness (QED) is 0.420. The number of amides is 2. The van der Waals surface area contributed by atoms with Gasteiger partial charge in [0.15, 0.2) is 0 Å². The van der Waals surface area contributed by atoms with Crippen molar-refractivity contribution >= 4 is 35.0 Å². The van der Waals surface area contributed by atoms with E-state index in [0.29, 0.717) is 24.7 Å². The predicted molar refractivity (Wildman–Crippen MR) is 157 cm³/mol. The van der Waals surface area contributed by atoms with Gasteiger partial charge in [-0.25, -0.2) is 4.79 Å². The first kappa shape index (κ1) is 29.2. The third-order valence-electron chi connectivity index (χ3n) is 8.05. The van der Waals surface area contributed by atoms with Gasteiger partial charge in [-0.1, -0.05) is 37.6 Å². The molecule has 2 amide bonds. The van der Waals surface area contributed by atoms with Crippen LogP contribution >= 0.6 is 11.6 Å². The number of hydrogen-bond acceptors (Lipinski definition) is 6. The highest BCUT2D eigenvalue weighted by Crippen LogP contribution is 2.29. The molecular formula is C30H42ClN5O3. The van der Waals surface area contributed by atoms with E-state index in [1.54, 1.807) is 12.0 Å². The topological polar surface area (TPSA) is 68.4 Å². The molecule has 0 unspecified atom stereocenters. The van der Waals surface area contributed by atoms with Crippen molar-refractivity contribution in [1.29, 1.82) is 0 Å². The van der Waals surface area contributed by atoms with Gasteiger partial charge in [0.1, 0.15) is 0 Å². The number of piperidine rings is 1. The normalized spacial score (nSPS) is 18.4. The molecule has 9 heteroatoms. The summed E-state index contributed by atoms with van der Waals surface area (Å²) >= 11 is 6.00. The van der Waals surface area contributed by atoms with Gasteiger partial charge in [0.2, 0.25) is 5.91 Å². The van der Waals surface area contributed by atoms with Crippen molar-refractivity contribution in [2.24, 2.45) is 0 Å². The molecule has 212 valence electrons. The van der Waals surface area contributed by atoms with Gasteiger partial charge in [0.05, 0.1) is 6.04 Å². The number of carbonyl (C=O) groups is 2. The van der Waals surface area contributed by atoms with Crippen LogP contribution in [0.5, 0.6) is 0 Å². The molecule has 39 heavy (non-hydrogen) atoms. The van der Waals surface area contributed by atoms with E-state index in [9.17, 15) is 9.59 Å². The maximum atomic E-state index is 12.5. The fourth-order valence-corrected chi connectivity index (χ4v) is 5.77. The van der Waals surface area contributed by atoms with Crippen molar-refractivity contribution < 1.29 is 14.4 Å². The van der Waals surface area contributed by atoms with Crippen LogP contribution in [0.25, 0.3) is 0 Å². The van der Waals surface area contributed by atoms with Crippen LogP contribution in [0.2, 0.25) is 5.02 Å². The SMILES string of the molecule is CCN(CC)CCN(C(C)=O)[C@@H]1CCN(c2ccc(NC(=O)ON3CCC(c4ccc(Cl)cc4)CC3)cc2)C1. The van der Waals surface area contributed by atoms with Crippen molar-refractivity contribution in [1.82, 2.24) is 14.9 Å². The molecule has 0 spiro atoms. The molecule has 2 aromatic rings. The molecule has 1 N–H and O–H groups in total. The molecule has 2 aromatic carbocycles. The number of hydrogen-bond donors (Lipinski definition) is 1. The molecule has 2 heterocycles. The number of halogens is 1. The summed E-state index contributed by atoms with van der Waals surface area (Å²) in [5, 5.41) is 5.33. The zero-order chi connectivity index (χ0) is 27.8. The number of rotatable bonds is 10. The second kappa shape index (κ2) is 14.0. The first-order chi connectivity index (χ1) is 18.9. The molecule has 2 aliphatic heterocycles. The fourth-order valence-electron chi connectivity index (χ4n) is 5.65. The number of carbonyl (C=O) groups excluding carboxylic acids is 2. The molecule has 0 radical (unpaired) electrons. The molecule has 0 saturated carbocycles. The molecule has 1 atom stereocenters. The van der Waals surface area contributed by atoms with E-state index >= 15 is 0 Å². The monoisotopic (exact) mass is 555 g/mol. The number of nitrogens with one attached hydrogen (secondary N) is 1. The van der Waals surface area contributed by atoms with Gasteiger partial charge in [-0.15, -0.1) is 5.06 Å². The van der Waals surface area contributed by atoms with Crippen LogP contribution in [0.1, 0.15) is 51.5 Å². The Kier molecular flexibility index (Phi) is 10.5. The maximum absolute atomic E-state index is 12.5. The molecule has 0 bridgehead atoms. The Bertz CT molecular complexity index is 1070. The van der Waals surface area contributed by atoms with E-state index in [1.165, 1.54) is 5.56 Å². The Morgan fingerprint density at radius 2 is 1.62 bits per heavy atom. The molecule has 0 aliphatic carbocycles. The van der Waals surface area contributed by atoms with Gasteiger partial charge in [-0.2, -0.15) is 0 Å². The summed E-state index contributed by atoms with van der Waals surface area (Å²) in [6.45, 7) is 12.8. The zero-order valence-corrected chi connectivity index (χ0v) is 24.2. The highest BCUT2D eigenvalue weighted by Gasteiger charge is 2.29. The highest BCUT2D eigenvalue weighted by molar-refractivity contribution is 6.30. The molecule has 2 saturated heterocycles. The predicted octanol–water partition coefficient (Wildman–Crippen LogP) is 5.45. The Labute approximate surface area is 237 Å². The van der Waals surface area contributed by atoms with Gasteiger partial charge in [0, 0.05) is 62.6 Å². The van der Waals surface area contributed by atoms with Crippen LogP contribution in [0.15, 0.2) is 48.5 Å². The standard InChI is InChI=1S/C30H42ClN5O3/c1-4-33(5-2)20-21-36(23(3)37)29-16-17-34(22-29)28-12-10-27(11-13-28)32-30(38)39-35-18-14-25(15-19-35)24-6-8-26(31)9-7-24/h6-13,25,29H,4-5,14-22H2,1-3H3,(H,32,38)/t29-/m1/s1. The summed E-state index contributed by atoms with van der Waals surface area (Å²) < 4.78 is 0. The van der Waals surface area contributed by atoms with Crippen molar-refractivity contribution in [3.63, 3.8) is 0 Å². The second-order valence-electron chi connectivity index (χ2n) is 10.4. The average Bonchev–Trinajstić information content (AvgIpc) is 3.42. The summed E-state index contributed by atoms with van der Waals surface area (Å²) in [5.41, 5.74) is 3.06. The van der Waals surface area contributed by atoms with Gasteiger partial charge in [-0.05, 0) is 80.2 Å². The first-order valence-corrected chi connectivity index (χ1v) is 14.6. The zero-order valence-electron chi connectivity index (χ0n) is 23.4. The summed E-state index contributed by atoms with van der Waals surface area (Å²) in [6, 6.07) is 16.1. The van der Waals surface area contributed by atoms with Crippen LogP contribution in [0.4, 0.5) is 16.2 Å². The molecule has 0 aromatic heterocycles. The first-order valence-electron chi connectivity index (χ1n) is 14.2. The Balaban J connectivity index is 1.22. The van der Waals surface area contributed by atoms with Crippen LogP contribution in [0.3, 0.4) is 0 Å². The largest absolute Gasteiger partial charge is 0.430 e. The Morgan fingerprint density at radius 3 is 2.23 bits per heavy atom. The highest BCUT2D eigenvalue weighted by atomic mass is 35.5. The van der Waals surface area contributed by atoms with E-state index in [1.807, 2.05) is 41.3 Å². The van der Waals surface area contributed by atoms with Crippen LogP contribution < -0.4 is 10.2 Å². The van der Waals surface area contributed by atoms with Crippen molar-refractivity contribution in [2.75, 3.05) is 62.6 Å². The number of anilines is 2. The van der Waals surface area contributed by atoms with Gasteiger partial charge >= 0.3 is 6.09 Å². The lowest BCUT2D eigenvalue weighted by Crippen LogP contribution is -2.45. The fraction of sp³-hybridized carbons (Fsp3) is 0.533. The van der Waals surface area contributed by atoms with E-state index < -0.39 is 6.09 Å². The van der Waals surface area contributed by atoms with Crippen molar-refractivity contribution in [2.45, 2.75) is 52.0 Å². The van der Waals surface area contributed by atoms with Gasteiger partial charge in [-0.3, -0.25) is 10.1 Å². The third kappa shape index (κ3) is 8.10. The minimum absolute atomic E-state index is 0.140. The van der Waals surface area contributed by atoms with Crippen molar-refractivity contribution in [3.8, 4) is 0 Å². The number of likely N-dealkylation sites (N-methyl/N-ethyl adjacent to an activating group) is 1. The van der Waals surface area contributed by atoms with E-state index in [0.717, 1.165) is 69.2 Å². The summed E-state index contributed by atoms with van der Waals surface area (Å²) in [4.78, 5) is 37.1. The minimum Gasteiger partial charge on any atom is -0.369 e. The minimum atomic E-state index is -0.473. The second-order valence-corrected chi connectivity index (χ2v) is 10.9. The lowest BCUT2D eigenvalue weighted by atomic mass is 9.90. The number of nitrogens with zero attached hydrogens (tertiary/aromatic N) is 4. The Hall–Kier alpha value is -2.81. The van der Waals surface area contributed by atoms with Gasteiger partial charge < -0.3 is 19.5 Å². The van der Waals surface area contributed by atoms with Crippen LogP contribution in [-0.2, 0) is 9.63 Å². The third-order valence-corrected chi connectivity index (χ3v) is 8.30. The van der Waals surface area contributed by atoms with E-state index in [4.69, 9.17) is 16.4 Å². The van der Waals surface area contributed by atoms with E-state index in [2.05, 4.69) is 41.1 Å². The number of hydroxylamine groups is 2.